The van der Waals surface area contributed by atoms with Crippen molar-refractivity contribution in [3.05, 3.63) is 175 Å². The molecule has 1 nitrogen and oxygen atoms in total. The van der Waals surface area contributed by atoms with Crippen LogP contribution in [0.5, 0.6) is 0 Å². The number of hydrogen-bond acceptors (Lipinski definition) is 3. The molecule has 7 aromatic carbocycles. The second-order valence-electron chi connectivity index (χ2n) is 12.9. The minimum absolute atomic E-state index is 0.197. The SMILES string of the molecule is Cc1ccccc1N(c1ccccc1[SiH](c1ccccc1)c1ccccc1)c1cc(C)c2c3c1Sc1ccccc1B3c1ccccc1S2. The largest absolute Gasteiger partial charge is 0.309 e. The van der Waals surface area contributed by atoms with Crippen molar-refractivity contribution in [3.8, 4) is 0 Å². The highest BCUT2D eigenvalue weighted by Gasteiger charge is 2.41. The number of benzene rings is 7. The topological polar surface area (TPSA) is 3.24 Å². The molecule has 0 saturated carbocycles. The molecule has 2 aliphatic heterocycles. The van der Waals surface area contributed by atoms with Crippen molar-refractivity contribution in [1.82, 2.24) is 0 Å². The van der Waals surface area contributed by atoms with Crippen LogP contribution in [0, 0.1) is 13.8 Å². The molecule has 0 amide bonds. The first-order valence-corrected chi connectivity index (χ1v) is 20.3. The first-order valence-electron chi connectivity index (χ1n) is 16.9. The van der Waals surface area contributed by atoms with Gasteiger partial charge in [-0.2, -0.15) is 0 Å². The molecule has 0 radical (unpaired) electrons. The van der Waals surface area contributed by atoms with E-state index in [0.717, 1.165) is 0 Å². The van der Waals surface area contributed by atoms with Crippen molar-refractivity contribution in [2.75, 3.05) is 4.90 Å². The lowest BCUT2D eigenvalue weighted by molar-refractivity contribution is 1.17. The quantitative estimate of drug-likeness (QED) is 0.133. The second kappa shape index (κ2) is 12.6. The van der Waals surface area contributed by atoms with Gasteiger partial charge in [0.25, 0.3) is 0 Å². The van der Waals surface area contributed by atoms with Gasteiger partial charge in [-0.1, -0.05) is 178 Å². The lowest BCUT2D eigenvalue weighted by atomic mass is 9.36. The minimum Gasteiger partial charge on any atom is -0.309 e. The van der Waals surface area contributed by atoms with Gasteiger partial charge in [-0.05, 0) is 66.0 Å². The van der Waals surface area contributed by atoms with Gasteiger partial charge in [0.2, 0.25) is 6.71 Å². The molecule has 0 aromatic heterocycles. The number of aryl methyl sites for hydroxylation is 2. The van der Waals surface area contributed by atoms with E-state index in [-0.39, 0.29) is 6.71 Å². The number of fused-ring (bicyclic) bond motifs is 4. The smallest absolute Gasteiger partial charge is 0.247 e. The van der Waals surface area contributed by atoms with Gasteiger partial charge in [-0.15, -0.1) is 0 Å². The zero-order chi connectivity index (χ0) is 32.9. The van der Waals surface area contributed by atoms with Crippen LogP contribution in [0.25, 0.3) is 0 Å². The predicted molar refractivity (Wildman–Crippen MR) is 215 cm³/mol. The van der Waals surface area contributed by atoms with Crippen LogP contribution in [-0.2, 0) is 0 Å². The summed E-state index contributed by atoms with van der Waals surface area (Å²) >= 11 is 3.89. The third-order valence-corrected chi connectivity index (χ3v) is 15.7. The van der Waals surface area contributed by atoms with Gasteiger partial charge in [0.15, 0.2) is 0 Å². The molecule has 0 N–H and O–H groups in total. The molecule has 0 unspecified atom stereocenters. The third kappa shape index (κ3) is 5.20. The molecular weight excluding hydrogens is 646 g/mol. The van der Waals surface area contributed by atoms with Crippen molar-refractivity contribution in [2.24, 2.45) is 0 Å². The Morgan fingerprint density at radius 1 is 0.469 bits per heavy atom. The summed E-state index contributed by atoms with van der Waals surface area (Å²) < 4.78 is 0. The second-order valence-corrected chi connectivity index (χ2v) is 17.9. The summed E-state index contributed by atoms with van der Waals surface area (Å²) in [7, 11) is -1.88. The molecular formula is C44H34BNS2Si. The van der Waals surface area contributed by atoms with E-state index >= 15 is 0 Å². The van der Waals surface area contributed by atoms with Crippen LogP contribution in [0.4, 0.5) is 17.1 Å². The fraction of sp³-hybridized carbons (Fsp3) is 0.0455. The molecule has 0 bridgehead atoms. The summed E-state index contributed by atoms with van der Waals surface area (Å²) in [4.78, 5) is 8.08. The maximum Gasteiger partial charge on any atom is 0.247 e. The lowest BCUT2D eigenvalue weighted by Crippen LogP contribution is -2.58. The van der Waals surface area contributed by atoms with E-state index in [9.17, 15) is 0 Å². The van der Waals surface area contributed by atoms with E-state index in [1.165, 1.54) is 79.7 Å². The number of hydrogen-bond donors (Lipinski definition) is 0. The van der Waals surface area contributed by atoms with Gasteiger partial charge < -0.3 is 4.90 Å². The summed E-state index contributed by atoms with van der Waals surface area (Å²) in [5, 5.41) is 4.26. The zero-order valence-corrected chi connectivity index (χ0v) is 30.3. The molecule has 7 aromatic rings. The molecule has 2 aliphatic rings. The van der Waals surface area contributed by atoms with Gasteiger partial charge >= 0.3 is 0 Å². The number of para-hydroxylation sites is 2. The van der Waals surface area contributed by atoms with Crippen molar-refractivity contribution in [2.45, 2.75) is 33.4 Å². The van der Waals surface area contributed by atoms with E-state index < -0.39 is 8.80 Å². The molecule has 2 heterocycles. The average Bonchev–Trinajstić information content (AvgIpc) is 3.15. The average molecular weight is 680 g/mol. The first-order chi connectivity index (χ1) is 24.2. The Hall–Kier alpha value is -4.68. The maximum absolute atomic E-state index is 2.60. The van der Waals surface area contributed by atoms with E-state index in [1.807, 2.05) is 23.5 Å². The fourth-order valence-electron chi connectivity index (χ4n) is 7.76. The maximum atomic E-state index is 2.60. The van der Waals surface area contributed by atoms with E-state index in [0.29, 0.717) is 0 Å². The zero-order valence-electron chi connectivity index (χ0n) is 27.5. The normalized spacial score (nSPS) is 12.7. The van der Waals surface area contributed by atoms with Crippen molar-refractivity contribution in [3.63, 3.8) is 0 Å². The predicted octanol–water partition coefficient (Wildman–Crippen LogP) is 7.47. The Morgan fingerprint density at radius 3 is 1.61 bits per heavy atom. The molecule has 0 spiro atoms. The van der Waals surface area contributed by atoms with Gasteiger partial charge in [-0.3, -0.25) is 0 Å². The summed E-state index contributed by atoms with van der Waals surface area (Å²) in [6.45, 7) is 4.77. The van der Waals surface area contributed by atoms with Crippen molar-refractivity contribution < 1.29 is 0 Å². The highest BCUT2D eigenvalue weighted by atomic mass is 32.2. The van der Waals surface area contributed by atoms with Crippen LogP contribution in [-0.4, -0.2) is 15.5 Å². The number of nitrogens with zero attached hydrogens (tertiary/aromatic N) is 1. The van der Waals surface area contributed by atoms with Crippen molar-refractivity contribution >= 4 is 88.0 Å². The molecule has 234 valence electrons. The van der Waals surface area contributed by atoms with Crippen LogP contribution in [0.2, 0.25) is 0 Å². The van der Waals surface area contributed by atoms with Crippen LogP contribution >= 0.6 is 23.5 Å². The summed E-state index contributed by atoms with van der Waals surface area (Å²) in [5.41, 5.74) is 10.6. The Bertz CT molecular complexity index is 2290. The monoisotopic (exact) mass is 679 g/mol. The van der Waals surface area contributed by atoms with Crippen LogP contribution < -0.4 is 36.8 Å². The molecule has 5 heteroatoms. The highest BCUT2D eigenvalue weighted by Crippen LogP contribution is 2.48. The summed E-state index contributed by atoms with van der Waals surface area (Å²) in [6, 6.07) is 61.1. The standard InChI is InChI=1S/C44H34BNS2Si/c1-30-17-9-12-24-36(30)46(37-25-13-16-28-41(37)49(32-18-5-3-6-19-32)33-20-7-4-8-21-33)38-29-31(2)43-42-44(38)48-40-27-15-11-23-35(40)45(42)34-22-10-14-26-39(34)47-43/h3-29,49H,1-2H3. The molecule has 49 heavy (non-hydrogen) atoms. The van der Waals surface area contributed by atoms with E-state index in [4.69, 9.17) is 0 Å². The van der Waals surface area contributed by atoms with E-state index in [2.05, 4.69) is 183 Å². The van der Waals surface area contributed by atoms with Crippen LogP contribution in [0.1, 0.15) is 11.1 Å². The van der Waals surface area contributed by atoms with E-state index in [1.54, 1.807) is 0 Å². The molecule has 9 rings (SSSR count). The highest BCUT2D eigenvalue weighted by molar-refractivity contribution is 8.01. The molecule has 0 aliphatic carbocycles. The first kappa shape index (κ1) is 30.4. The number of anilines is 3. The Kier molecular flexibility index (Phi) is 7.84. The fourth-order valence-corrected chi connectivity index (χ4v) is 13.4. The minimum atomic E-state index is -1.88. The lowest BCUT2D eigenvalue weighted by Gasteiger charge is -2.38. The third-order valence-electron chi connectivity index (χ3n) is 9.96. The Balaban J connectivity index is 1.34. The van der Waals surface area contributed by atoms with Gasteiger partial charge in [0, 0.05) is 31.0 Å². The van der Waals surface area contributed by atoms with Crippen LogP contribution in [0.3, 0.4) is 0 Å². The summed E-state index contributed by atoms with van der Waals surface area (Å²) in [5.74, 6) is 0. The van der Waals surface area contributed by atoms with Gasteiger partial charge in [0.1, 0.15) is 8.80 Å². The Morgan fingerprint density at radius 2 is 0.980 bits per heavy atom. The molecule has 0 atom stereocenters. The van der Waals surface area contributed by atoms with Crippen LogP contribution in [0.15, 0.2) is 183 Å². The van der Waals surface area contributed by atoms with Gasteiger partial charge in [-0.25, -0.2) is 0 Å². The number of rotatable bonds is 6. The van der Waals surface area contributed by atoms with Crippen molar-refractivity contribution in [1.29, 1.82) is 0 Å². The Labute approximate surface area is 299 Å². The molecule has 0 fully saturated rings. The summed E-state index contributed by atoms with van der Waals surface area (Å²) in [6.07, 6.45) is 0. The molecule has 0 saturated heterocycles. The van der Waals surface area contributed by atoms with Gasteiger partial charge in [0.05, 0.1) is 5.69 Å².